The molecule has 148 valence electrons. The number of carbonyl (C=O) groups excluding carboxylic acids is 2. The van der Waals surface area contributed by atoms with Crippen molar-refractivity contribution in [3.63, 3.8) is 0 Å². The van der Waals surface area contributed by atoms with Gasteiger partial charge in [0.1, 0.15) is 0 Å². The predicted octanol–water partition coefficient (Wildman–Crippen LogP) is 3.96. The fourth-order valence-electron chi connectivity index (χ4n) is 3.71. The van der Waals surface area contributed by atoms with Crippen molar-refractivity contribution in [2.75, 3.05) is 26.2 Å². The van der Waals surface area contributed by atoms with Crippen LogP contribution in [0.3, 0.4) is 0 Å². The van der Waals surface area contributed by atoms with Crippen LogP contribution in [0.2, 0.25) is 0 Å². The maximum atomic E-state index is 13.3. The molecule has 29 heavy (non-hydrogen) atoms. The Bertz CT molecular complexity index is 1040. The average Bonchev–Trinajstić information content (AvgIpc) is 2.78. The van der Waals surface area contributed by atoms with Crippen molar-refractivity contribution in [3.8, 4) is 0 Å². The predicted molar refractivity (Wildman–Crippen MR) is 114 cm³/mol. The molecule has 0 saturated carbocycles. The van der Waals surface area contributed by atoms with Crippen molar-refractivity contribution in [3.05, 3.63) is 77.5 Å². The van der Waals surface area contributed by atoms with Crippen LogP contribution in [-0.2, 0) is 0 Å². The minimum atomic E-state index is 0.0114. The Balaban J connectivity index is 1.54. The molecule has 0 bridgehead atoms. The van der Waals surface area contributed by atoms with E-state index in [1.54, 1.807) is 0 Å². The van der Waals surface area contributed by atoms with Crippen LogP contribution in [0, 0.1) is 0 Å². The molecule has 1 aliphatic heterocycles. The van der Waals surface area contributed by atoms with E-state index in [4.69, 9.17) is 4.98 Å². The molecule has 2 amide bonds. The van der Waals surface area contributed by atoms with Gasteiger partial charge in [-0.3, -0.25) is 14.6 Å². The van der Waals surface area contributed by atoms with Crippen LogP contribution in [0.1, 0.15) is 46.2 Å². The lowest BCUT2D eigenvalue weighted by Gasteiger charge is -2.35. The highest BCUT2D eigenvalue weighted by molar-refractivity contribution is 6.06. The molecular weight excluding hydrogens is 362 g/mol. The van der Waals surface area contributed by atoms with E-state index in [1.165, 1.54) is 0 Å². The number of fused-ring (bicyclic) bond motifs is 1. The van der Waals surface area contributed by atoms with Gasteiger partial charge < -0.3 is 9.80 Å². The Labute approximate surface area is 171 Å². The van der Waals surface area contributed by atoms with Gasteiger partial charge in [-0.2, -0.15) is 0 Å². The number of hydrogen-bond acceptors (Lipinski definition) is 3. The van der Waals surface area contributed by atoms with Gasteiger partial charge in [-0.05, 0) is 30.2 Å². The van der Waals surface area contributed by atoms with Gasteiger partial charge in [-0.1, -0.05) is 50.2 Å². The second-order valence-corrected chi connectivity index (χ2v) is 7.72. The lowest BCUT2D eigenvalue weighted by atomic mass is 10.0. The first-order chi connectivity index (χ1) is 14.0. The number of piperazine rings is 1. The number of hydrogen-bond donors (Lipinski definition) is 0. The van der Waals surface area contributed by atoms with Crippen molar-refractivity contribution in [2.24, 2.45) is 0 Å². The lowest BCUT2D eigenvalue weighted by molar-refractivity contribution is 0.0536. The van der Waals surface area contributed by atoms with Gasteiger partial charge in [-0.25, -0.2) is 0 Å². The zero-order valence-electron chi connectivity index (χ0n) is 16.8. The number of pyridine rings is 1. The SMILES string of the molecule is CC(C)c1cc(C(=O)N2CCN(C(=O)c3ccccc3)CC2)c2ccccc2n1. The van der Waals surface area contributed by atoms with E-state index in [0.717, 1.165) is 16.6 Å². The standard InChI is InChI=1S/C24H25N3O2/c1-17(2)22-16-20(19-10-6-7-11-21(19)25-22)24(29)27-14-12-26(13-15-27)23(28)18-8-4-3-5-9-18/h3-11,16-17H,12-15H2,1-2H3. The second-order valence-electron chi connectivity index (χ2n) is 7.72. The number of benzene rings is 2. The maximum Gasteiger partial charge on any atom is 0.254 e. The Morgan fingerprint density at radius 1 is 0.828 bits per heavy atom. The molecule has 1 fully saturated rings. The summed E-state index contributed by atoms with van der Waals surface area (Å²) in [5, 5.41) is 0.879. The highest BCUT2D eigenvalue weighted by Gasteiger charge is 2.27. The molecule has 5 nitrogen and oxygen atoms in total. The van der Waals surface area contributed by atoms with Gasteiger partial charge in [0.05, 0.1) is 11.1 Å². The van der Waals surface area contributed by atoms with E-state index in [0.29, 0.717) is 37.3 Å². The summed E-state index contributed by atoms with van der Waals surface area (Å²) in [5.41, 5.74) is 3.15. The van der Waals surface area contributed by atoms with E-state index < -0.39 is 0 Å². The summed E-state index contributed by atoms with van der Waals surface area (Å²) >= 11 is 0. The van der Waals surface area contributed by atoms with Crippen LogP contribution in [0.25, 0.3) is 10.9 Å². The zero-order valence-corrected chi connectivity index (χ0v) is 16.8. The summed E-state index contributed by atoms with van der Waals surface area (Å²) in [7, 11) is 0. The summed E-state index contributed by atoms with van der Waals surface area (Å²) in [6, 6.07) is 19.0. The maximum absolute atomic E-state index is 13.3. The van der Waals surface area contributed by atoms with E-state index in [9.17, 15) is 9.59 Å². The van der Waals surface area contributed by atoms with Crippen molar-refractivity contribution in [1.82, 2.24) is 14.8 Å². The molecule has 0 N–H and O–H groups in total. The van der Waals surface area contributed by atoms with Crippen molar-refractivity contribution in [1.29, 1.82) is 0 Å². The normalized spacial score (nSPS) is 14.4. The molecule has 0 aliphatic carbocycles. The van der Waals surface area contributed by atoms with E-state index >= 15 is 0 Å². The van der Waals surface area contributed by atoms with Crippen molar-refractivity contribution < 1.29 is 9.59 Å². The van der Waals surface area contributed by atoms with Crippen LogP contribution >= 0.6 is 0 Å². The smallest absolute Gasteiger partial charge is 0.254 e. The highest BCUT2D eigenvalue weighted by Crippen LogP contribution is 2.24. The highest BCUT2D eigenvalue weighted by atomic mass is 16.2. The number of amides is 2. The Kier molecular flexibility index (Phi) is 5.30. The van der Waals surface area contributed by atoms with E-state index in [2.05, 4.69) is 13.8 Å². The van der Waals surface area contributed by atoms with Crippen molar-refractivity contribution in [2.45, 2.75) is 19.8 Å². The van der Waals surface area contributed by atoms with Crippen LogP contribution in [0.5, 0.6) is 0 Å². The van der Waals surface area contributed by atoms with Gasteiger partial charge in [0, 0.05) is 42.8 Å². The summed E-state index contributed by atoms with van der Waals surface area (Å²) in [5.74, 6) is 0.276. The minimum Gasteiger partial charge on any atom is -0.335 e. The molecule has 0 unspecified atom stereocenters. The third-order valence-electron chi connectivity index (χ3n) is 5.43. The Morgan fingerprint density at radius 3 is 2.07 bits per heavy atom. The molecule has 4 rings (SSSR count). The summed E-state index contributed by atoms with van der Waals surface area (Å²) in [4.78, 5) is 34.4. The van der Waals surface area contributed by atoms with Crippen LogP contribution < -0.4 is 0 Å². The average molecular weight is 387 g/mol. The molecule has 2 heterocycles. The number of rotatable bonds is 3. The van der Waals surface area contributed by atoms with Gasteiger partial charge >= 0.3 is 0 Å². The summed E-state index contributed by atoms with van der Waals surface area (Å²) in [6.45, 7) is 6.31. The number of aromatic nitrogens is 1. The lowest BCUT2D eigenvalue weighted by Crippen LogP contribution is -2.50. The molecule has 2 aromatic carbocycles. The third-order valence-corrected chi connectivity index (χ3v) is 5.43. The monoisotopic (exact) mass is 387 g/mol. The largest absolute Gasteiger partial charge is 0.335 e. The summed E-state index contributed by atoms with van der Waals surface area (Å²) < 4.78 is 0. The van der Waals surface area contributed by atoms with E-state index in [-0.39, 0.29) is 17.7 Å². The molecule has 1 aliphatic rings. The molecule has 1 aromatic heterocycles. The first-order valence-electron chi connectivity index (χ1n) is 10.1. The fraction of sp³-hybridized carbons (Fsp3) is 0.292. The molecule has 0 spiro atoms. The molecule has 0 radical (unpaired) electrons. The molecule has 1 saturated heterocycles. The van der Waals surface area contributed by atoms with E-state index in [1.807, 2.05) is 70.5 Å². The molecule has 5 heteroatoms. The third kappa shape index (κ3) is 3.86. The molecule has 3 aromatic rings. The minimum absolute atomic E-state index is 0.0114. The van der Waals surface area contributed by atoms with Gasteiger partial charge in [0.2, 0.25) is 0 Å². The first-order valence-corrected chi connectivity index (χ1v) is 10.1. The number of para-hydroxylation sites is 1. The number of nitrogens with zero attached hydrogens (tertiary/aromatic N) is 3. The molecular formula is C24H25N3O2. The molecule has 0 atom stereocenters. The Hall–Kier alpha value is -3.21. The number of carbonyl (C=O) groups is 2. The van der Waals surface area contributed by atoms with Gasteiger partial charge in [0.15, 0.2) is 0 Å². The second kappa shape index (κ2) is 8.03. The van der Waals surface area contributed by atoms with Crippen LogP contribution in [-0.4, -0.2) is 52.8 Å². The van der Waals surface area contributed by atoms with Crippen LogP contribution in [0.4, 0.5) is 0 Å². The van der Waals surface area contributed by atoms with Crippen LogP contribution in [0.15, 0.2) is 60.7 Å². The van der Waals surface area contributed by atoms with Crippen molar-refractivity contribution >= 4 is 22.7 Å². The zero-order chi connectivity index (χ0) is 20.4. The quantitative estimate of drug-likeness (QED) is 0.684. The van der Waals surface area contributed by atoms with Gasteiger partial charge in [-0.15, -0.1) is 0 Å². The summed E-state index contributed by atoms with van der Waals surface area (Å²) in [6.07, 6.45) is 0. The Morgan fingerprint density at radius 2 is 1.41 bits per heavy atom. The van der Waals surface area contributed by atoms with Gasteiger partial charge in [0.25, 0.3) is 11.8 Å². The fourth-order valence-corrected chi connectivity index (χ4v) is 3.71. The first kappa shape index (κ1) is 19.1. The topological polar surface area (TPSA) is 53.5 Å².